The Morgan fingerprint density at radius 3 is 2.70 bits per heavy atom. The van der Waals surface area contributed by atoms with E-state index < -0.39 is 0 Å². The lowest BCUT2D eigenvalue weighted by Crippen LogP contribution is -2.14. The molecule has 0 spiro atoms. The van der Waals surface area contributed by atoms with Gasteiger partial charge in [0.05, 0.1) is 5.51 Å². The highest BCUT2D eigenvalue weighted by Crippen LogP contribution is 2.21. The van der Waals surface area contributed by atoms with Gasteiger partial charge in [-0.3, -0.25) is 4.98 Å². The summed E-state index contributed by atoms with van der Waals surface area (Å²) < 4.78 is 0. The fraction of sp³-hybridized carbons (Fsp3) is 0.571. The molecule has 0 radical (unpaired) electrons. The van der Waals surface area contributed by atoms with Crippen LogP contribution in [0.5, 0.6) is 0 Å². The number of rotatable bonds is 2. The van der Waals surface area contributed by atoms with Crippen LogP contribution in [0, 0.1) is 5.92 Å². The molecule has 0 amide bonds. The van der Waals surface area contributed by atoms with Gasteiger partial charge in [0.25, 0.3) is 0 Å². The molecule has 1 rings (SSSR count). The summed E-state index contributed by atoms with van der Waals surface area (Å²) in [6.07, 6.45) is 1.84. The van der Waals surface area contributed by atoms with Crippen LogP contribution in [0.4, 0.5) is 0 Å². The first-order valence-electron chi connectivity index (χ1n) is 3.35. The van der Waals surface area contributed by atoms with Gasteiger partial charge in [-0.05, 0) is 5.92 Å². The maximum absolute atomic E-state index is 5.85. The van der Waals surface area contributed by atoms with Gasteiger partial charge in [-0.15, -0.1) is 11.3 Å². The first-order chi connectivity index (χ1) is 4.72. The first kappa shape index (κ1) is 7.69. The molecule has 1 heterocycles. The average Bonchev–Trinajstić information content (AvgIpc) is 2.36. The van der Waals surface area contributed by atoms with Crippen molar-refractivity contribution in [2.75, 3.05) is 0 Å². The SMILES string of the molecule is CC(C)[C@H](N)c1cncs1. The van der Waals surface area contributed by atoms with E-state index in [-0.39, 0.29) is 6.04 Å². The van der Waals surface area contributed by atoms with Crippen LogP contribution in [0.15, 0.2) is 11.7 Å². The topological polar surface area (TPSA) is 38.9 Å². The lowest BCUT2D eigenvalue weighted by Gasteiger charge is -2.11. The molecule has 0 saturated carbocycles. The van der Waals surface area contributed by atoms with E-state index in [1.807, 2.05) is 11.7 Å². The zero-order chi connectivity index (χ0) is 7.56. The molecule has 10 heavy (non-hydrogen) atoms. The zero-order valence-corrected chi connectivity index (χ0v) is 7.06. The summed E-state index contributed by atoms with van der Waals surface area (Å²) in [4.78, 5) is 5.14. The van der Waals surface area contributed by atoms with Crippen molar-refractivity contribution in [2.45, 2.75) is 19.9 Å². The lowest BCUT2D eigenvalue weighted by molar-refractivity contribution is 0.521. The van der Waals surface area contributed by atoms with Gasteiger partial charge < -0.3 is 5.73 Å². The van der Waals surface area contributed by atoms with E-state index >= 15 is 0 Å². The molecular weight excluding hydrogens is 144 g/mol. The van der Waals surface area contributed by atoms with Crippen molar-refractivity contribution in [3.05, 3.63) is 16.6 Å². The van der Waals surface area contributed by atoms with E-state index in [4.69, 9.17) is 5.73 Å². The molecular formula is C7H12N2S. The molecule has 1 atom stereocenters. The number of aromatic nitrogens is 1. The molecule has 1 aromatic rings. The Kier molecular flexibility index (Phi) is 2.40. The summed E-state index contributed by atoms with van der Waals surface area (Å²) >= 11 is 1.62. The molecule has 0 aromatic carbocycles. The van der Waals surface area contributed by atoms with Gasteiger partial charge in [0.15, 0.2) is 0 Å². The van der Waals surface area contributed by atoms with E-state index in [1.54, 1.807) is 11.3 Å². The Bertz CT molecular complexity index is 181. The van der Waals surface area contributed by atoms with Crippen molar-refractivity contribution in [3.8, 4) is 0 Å². The molecule has 56 valence electrons. The molecule has 0 bridgehead atoms. The predicted octanol–water partition coefficient (Wildman–Crippen LogP) is 1.80. The third-order valence-electron chi connectivity index (χ3n) is 1.50. The minimum atomic E-state index is 0.160. The van der Waals surface area contributed by atoms with E-state index in [0.717, 1.165) is 0 Å². The van der Waals surface area contributed by atoms with Crippen LogP contribution in [0.25, 0.3) is 0 Å². The van der Waals surface area contributed by atoms with Crippen LogP contribution in [0.2, 0.25) is 0 Å². The normalized spacial score (nSPS) is 14.0. The third-order valence-corrected chi connectivity index (χ3v) is 2.38. The van der Waals surface area contributed by atoms with E-state index in [2.05, 4.69) is 18.8 Å². The summed E-state index contributed by atoms with van der Waals surface area (Å²) in [5, 5.41) is 0. The predicted molar refractivity (Wildman–Crippen MR) is 43.9 cm³/mol. The van der Waals surface area contributed by atoms with Gasteiger partial charge in [0, 0.05) is 17.1 Å². The molecule has 0 fully saturated rings. The second kappa shape index (κ2) is 3.12. The molecule has 0 aliphatic carbocycles. The van der Waals surface area contributed by atoms with Crippen LogP contribution < -0.4 is 5.73 Å². The fourth-order valence-electron chi connectivity index (χ4n) is 0.719. The summed E-state index contributed by atoms with van der Waals surface area (Å²) in [5.74, 6) is 0.500. The minimum absolute atomic E-state index is 0.160. The number of thiazole rings is 1. The maximum atomic E-state index is 5.85. The van der Waals surface area contributed by atoms with Gasteiger partial charge in [-0.1, -0.05) is 13.8 Å². The first-order valence-corrected chi connectivity index (χ1v) is 4.23. The highest BCUT2D eigenvalue weighted by molar-refractivity contribution is 7.09. The van der Waals surface area contributed by atoms with Crippen molar-refractivity contribution in [1.82, 2.24) is 4.98 Å². The Balaban J connectivity index is 2.68. The van der Waals surface area contributed by atoms with Crippen LogP contribution in [0.1, 0.15) is 24.8 Å². The van der Waals surface area contributed by atoms with E-state index in [9.17, 15) is 0 Å². The Labute approximate surface area is 65.1 Å². The van der Waals surface area contributed by atoms with Crippen LogP contribution in [-0.2, 0) is 0 Å². The Hall–Kier alpha value is -0.410. The third kappa shape index (κ3) is 1.55. The van der Waals surface area contributed by atoms with E-state index in [1.165, 1.54) is 4.88 Å². The molecule has 0 aliphatic heterocycles. The number of nitrogens with zero attached hydrogens (tertiary/aromatic N) is 1. The summed E-state index contributed by atoms with van der Waals surface area (Å²) in [6.45, 7) is 4.23. The second-order valence-electron chi connectivity index (χ2n) is 2.67. The monoisotopic (exact) mass is 156 g/mol. The largest absolute Gasteiger partial charge is 0.323 e. The number of nitrogens with two attached hydrogens (primary N) is 1. The molecule has 0 aliphatic rings. The zero-order valence-electron chi connectivity index (χ0n) is 6.24. The second-order valence-corrected chi connectivity index (χ2v) is 3.59. The van der Waals surface area contributed by atoms with Gasteiger partial charge in [-0.25, -0.2) is 0 Å². The summed E-state index contributed by atoms with van der Waals surface area (Å²) in [6, 6.07) is 0.160. The summed E-state index contributed by atoms with van der Waals surface area (Å²) in [5.41, 5.74) is 7.67. The molecule has 3 heteroatoms. The van der Waals surface area contributed by atoms with Crippen LogP contribution in [-0.4, -0.2) is 4.98 Å². The van der Waals surface area contributed by atoms with Gasteiger partial charge >= 0.3 is 0 Å². The Morgan fingerprint density at radius 2 is 2.30 bits per heavy atom. The van der Waals surface area contributed by atoms with Crippen molar-refractivity contribution in [2.24, 2.45) is 11.7 Å². The van der Waals surface area contributed by atoms with Crippen molar-refractivity contribution < 1.29 is 0 Å². The molecule has 1 aromatic heterocycles. The fourth-order valence-corrected chi connectivity index (χ4v) is 1.51. The quantitative estimate of drug-likeness (QED) is 0.709. The lowest BCUT2D eigenvalue weighted by atomic mass is 10.1. The molecule has 2 N–H and O–H groups in total. The summed E-state index contributed by atoms with van der Waals surface area (Å²) in [7, 11) is 0. The standard InChI is InChI=1S/C7H12N2S/c1-5(2)7(8)6-3-9-4-10-6/h3-5,7H,8H2,1-2H3/t7-/m0/s1. The average molecular weight is 156 g/mol. The minimum Gasteiger partial charge on any atom is -0.323 e. The van der Waals surface area contributed by atoms with E-state index in [0.29, 0.717) is 5.92 Å². The van der Waals surface area contributed by atoms with Gasteiger partial charge in [-0.2, -0.15) is 0 Å². The van der Waals surface area contributed by atoms with Crippen molar-refractivity contribution in [1.29, 1.82) is 0 Å². The van der Waals surface area contributed by atoms with Crippen LogP contribution in [0.3, 0.4) is 0 Å². The highest BCUT2D eigenvalue weighted by Gasteiger charge is 2.10. The molecule has 0 saturated heterocycles. The van der Waals surface area contributed by atoms with Crippen molar-refractivity contribution >= 4 is 11.3 Å². The van der Waals surface area contributed by atoms with Gasteiger partial charge in [0.1, 0.15) is 0 Å². The number of hydrogen-bond donors (Lipinski definition) is 1. The van der Waals surface area contributed by atoms with Crippen LogP contribution >= 0.6 is 11.3 Å². The highest BCUT2D eigenvalue weighted by atomic mass is 32.1. The smallest absolute Gasteiger partial charge is 0.0794 e. The number of hydrogen-bond acceptors (Lipinski definition) is 3. The van der Waals surface area contributed by atoms with Crippen molar-refractivity contribution in [3.63, 3.8) is 0 Å². The molecule has 0 unspecified atom stereocenters. The maximum Gasteiger partial charge on any atom is 0.0794 e. The molecule has 2 nitrogen and oxygen atoms in total. The van der Waals surface area contributed by atoms with Gasteiger partial charge in [0.2, 0.25) is 0 Å². The Morgan fingerprint density at radius 1 is 1.60 bits per heavy atom.